The van der Waals surface area contributed by atoms with E-state index in [0.29, 0.717) is 11.3 Å². The van der Waals surface area contributed by atoms with Crippen molar-refractivity contribution in [1.82, 2.24) is 4.90 Å². The van der Waals surface area contributed by atoms with E-state index in [1.807, 2.05) is 0 Å². The highest BCUT2D eigenvalue weighted by Gasteiger charge is 2.32. The predicted molar refractivity (Wildman–Crippen MR) is 110 cm³/mol. The number of carboxylic acid groups (broad SMARTS) is 1. The van der Waals surface area contributed by atoms with Gasteiger partial charge in [0, 0.05) is 10.0 Å². The lowest BCUT2D eigenvalue weighted by Crippen LogP contribution is -2.40. The number of aliphatic carboxylic acids is 1. The minimum atomic E-state index is -1.39. The fourth-order valence-electron chi connectivity index (χ4n) is 2.41. The van der Waals surface area contributed by atoms with Gasteiger partial charge in [-0.25, -0.2) is 4.39 Å². The molecule has 1 heterocycles. The summed E-state index contributed by atoms with van der Waals surface area (Å²) in [5, 5.41) is 10.8. The van der Waals surface area contributed by atoms with E-state index in [-0.39, 0.29) is 21.6 Å². The molecule has 1 saturated heterocycles. The summed E-state index contributed by atoms with van der Waals surface area (Å²) in [4.78, 5) is 24.5. The number of rotatable bonds is 6. The summed E-state index contributed by atoms with van der Waals surface area (Å²) in [7, 11) is 0. The van der Waals surface area contributed by atoms with Crippen molar-refractivity contribution in [3.63, 3.8) is 0 Å². The Morgan fingerprint density at radius 1 is 1.29 bits per heavy atom. The third kappa shape index (κ3) is 4.98. The van der Waals surface area contributed by atoms with Crippen LogP contribution >= 0.6 is 39.9 Å². The fraction of sp³-hybridized carbons (Fsp3) is 0.105. The van der Waals surface area contributed by atoms with Gasteiger partial charge in [0.15, 0.2) is 0 Å². The van der Waals surface area contributed by atoms with Crippen LogP contribution in [0.25, 0.3) is 6.08 Å². The zero-order valence-corrected chi connectivity index (χ0v) is 17.4. The predicted octanol–water partition coefficient (Wildman–Crippen LogP) is 3.12. The van der Waals surface area contributed by atoms with E-state index >= 15 is 0 Å². The molecule has 0 aliphatic carbocycles. The molecule has 144 valence electrons. The molecule has 0 atom stereocenters. The maximum atomic E-state index is 13.0. The molecule has 0 spiro atoms. The van der Waals surface area contributed by atoms with Gasteiger partial charge in [0.25, 0.3) is 5.91 Å². The fourth-order valence-corrected chi connectivity index (χ4v) is 4.04. The van der Waals surface area contributed by atoms with Gasteiger partial charge in [0.2, 0.25) is 0 Å². The Balaban J connectivity index is 1.83. The van der Waals surface area contributed by atoms with E-state index in [0.717, 1.165) is 26.7 Å². The van der Waals surface area contributed by atoms with Gasteiger partial charge < -0.3 is 14.6 Å². The van der Waals surface area contributed by atoms with Crippen LogP contribution in [0.1, 0.15) is 11.1 Å². The monoisotopic (exact) mass is 480 g/mol. The van der Waals surface area contributed by atoms with Gasteiger partial charge >= 0.3 is 0 Å². The zero-order chi connectivity index (χ0) is 20.3. The highest BCUT2D eigenvalue weighted by molar-refractivity contribution is 9.10. The third-order valence-electron chi connectivity index (χ3n) is 3.73. The first-order valence-corrected chi connectivity index (χ1v) is 9.97. The molecule has 28 heavy (non-hydrogen) atoms. The number of amides is 1. The maximum absolute atomic E-state index is 13.0. The molecule has 0 aromatic heterocycles. The number of benzene rings is 2. The molecule has 3 rings (SSSR count). The number of halogens is 2. The number of thioether (sulfide) groups is 1. The first-order valence-electron chi connectivity index (χ1n) is 7.95. The number of nitrogens with zero attached hydrogens (tertiary/aromatic N) is 1. The molecule has 1 amide bonds. The molecule has 9 heteroatoms. The van der Waals surface area contributed by atoms with Crippen LogP contribution in [0.3, 0.4) is 0 Å². The number of carboxylic acids is 1. The summed E-state index contributed by atoms with van der Waals surface area (Å²) in [5.74, 6) is -1.70. The summed E-state index contributed by atoms with van der Waals surface area (Å²) >= 11 is 9.47. The first kappa shape index (κ1) is 20.5. The van der Waals surface area contributed by atoms with Crippen molar-refractivity contribution in [3.8, 4) is 5.75 Å². The normalized spacial score (nSPS) is 15.4. The SMILES string of the molecule is O=C([O-])CN1C(=O)/C(=C\c2cc(Br)ccc2OCc2ccc(F)cc2)SC1=S. The topological polar surface area (TPSA) is 69.7 Å². The standard InChI is InChI=1S/C19H13BrFNO4S2/c20-13-3-6-15(26-10-11-1-4-14(21)5-2-11)12(7-13)8-16-18(25)22(9-17(23)24)19(27)28-16/h1-8H,9-10H2,(H,23,24)/p-1/b16-8+. The van der Waals surface area contributed by atoms with Crippen LogP contribution in [-0.4, -0.2) is 27.6 Å². The molecule has 0 radical (unpaired) electrons. The van der Waals surface area contributed by atoms with Crippen LogP contribution in [0.15, 0.2) is 51.8 Å². The lowest BCUT2D eigenvalue weighted by Gasteiger charge is -2.14. The van der Waals surface area contributed by atoms with E-state index < -0.39 is 18.4 Å². The van der Waals surface area contributed by atoms with E-state index in [4.69, 9.17) is 17.0 Å². The van der Waals surface area contributed by atoms with Crippen molar-refractivity contribution in [1.29, 1.82) is 0 Å². The Hall–Kier alpha value is -2.23. The number of carbonyl (C=O) groups is 2. The highest BCUT2D eigenvalue weighted by Crippen LogP contribution is 2.35. The second-order valence-corrected chi connectivity index (χ2v) is 8.33. The van der Waals surface area contributed by atoms with E-state index in [1.54, 1.807) is 36.4 Å². The van der Waals surface area contributed by atoms with Gasteiger partial charge in [-0.1, -0.05) is 52.0 Å². The van der Waals surface area contributed by atoms with Crippen LogP contribution < -0.4 is 9.84 Å². The smallest absolute Gasteiger partial charge is 0.266 e. The van der Waals surface area contributed by atoms with Crippen molar-refractivity contribution in [3.05, 3.63) is 68.8 Å². The first-order chi connectivity index (χ1) is 13.3. The maximum Gasteiger partial charge on any atom is 0.266 e. The molecule has 0 N–H and O–H groups in total. The minimum absolute atomic E-state index is 0.157. The number of hydrogen-bond donors (Lipinski definition) is 0. The van der Waals surface area contributed by atoms with Gasteiger partial charge in [0.1, 0.15) is 22.5 Å². The summed E-state index contributed by atoms with van der Waals surface area (Å²) < 4.78 is 19.8. The van der Waals surface area contributed by atoms with E-state index in [1.165, 1.54) is 12.1 Å². The van der Waals surface area contributed by atoms with Crippen LogP contribution in [0.2, 0.25) is 0 Å². The van der Waals surface area contributed by atoms with Crippen molar-refractivity contribution < 1.29 is 23.8 Å². The number of thiocarbonyl (C=S) groups is 1. The lowest BCUT2D eigenvalue weighted by atomic mass is 10.1. The number of ether oxygens (including phenoxy) is 1. The second kappa shape index (κ2) is 8.85. The Labute approximate surface area is 178 Å². The molecule has 1 fully saturated rings. The van der Waals surface area contributed by atoms with Gasteiger partial charge in [-0.3, -0.25) is 9.69 Å². The summed E-state index contributed by atoms with van der Waals surface area (Å²) in [6, 6.07) is 11.2. The lowest BCUT2D eigenvalue weighted by molar-refractivity contribution is -0.305. The van der Waals surface area contributed by atoms with Crippen molar-refractivity contribution in [2.24, 2.45) is 0 Å². The molecule has 2 aromatic rings. The molecule has 0 unspecified atom stereocenters. The molecule has 1 aliphatic heterocycles. The minimum Gasteiger partial charge on any atom is -0.548 e. The van der Waals surface area contributed by atoms with Crippen LogP contribution in [0.5, 0.6) is 5.75 Å². The van der Waals surface area contributed by atoms with Crippen LogP contribution in [0.4, 0.5) is 4.39 Å². The van der Waals surface area contributed by atoms with E-state index in [2.05, 4.69) is 15.9 Å². The average molecular weight is 481 g/mol. The van der Waals surface area contributed by atoms with Gasteiger partial charge in [-0.05, 0) is 42.0 Å². The number of hydrogen-bond acceptors (Lipinski definition) is 6. The van der Waals surface area contributed by atoms with E-state index in [9.17, 15) is 19.1 Å². The molecular formula is C19H12BrFNO4S2-. The van der Waals surface area contributed by atoms with Crippen LogP contribution in [-0.2, 0) is 16.2 Å². The van der Waals surface area contributed by atoms with Crippen LogP contribution in [0, 0.1) is 5.82 Å². The summed E-state index contributed by atoms with van der Waals surface area (Å²) in [5.41, 5.74) is 1.40. The second-order valence-electron chi connectivity index (χ2n) is 5.74. The Morgan fingerprint density at radius 3 is 2.68 bits per heavy atom. The zero-order valence-electron chi connectivity index (χ0n) is 14.2. The molecule has 0 bridgehead atoms. The molecule has 5 nitrogen and oxygen atoms in total. The van der Waals surface area contributed by atoms with Crippen molar-refractivity contribution in [2.45, 2.75) is 6.61 Å². The van der Waals surface area contributed by atoms with Gasteiger partial charge in [-0.2, -0.15) is 0 Å². The number of carbonyl (C=O) groups excluding carboxylic acids is 2. The summed E-state index contributed by atoms with van der Waals surface area (Å²) in [6.07, 6.45) is 1.60. The van der Waals surface area contributed by atoms with Crippen molar-refractivity contribution in [2.75, 3.05) is 6.54 Å². The Kier molecular flexibility index (Phi) is 6.48. The molecule has 1 aliphatic rings. The Bertz CT molecular complexity index is 978. The average Bonchev–Trinajstić information content (AvgIpc) is 2.89. The van der Waals surface area contributed by atoms with Crippen molar-refractivity contribution >= 4 is 62.2 Å². The van der Waals surface area contributed by atoms with Gasteiger partial charge in [0.05, 0.1) is 17.4 Å². The molecule has 0 saturated carbocycles. The molecule has 2 aromatic carbocycles. The largest absolute Gasteiger partial charge is 0.548 e. The van der Waals surface area contributed by atoms with Gasteiger partial charge in [-0.15, -0.1) is 0 Å². The summed E-state index contributed by atoms with van der Waals surface area (Å²) in [6.45, 7) is -0.372. The highest BCUT2D eigenvalue weighted by atomic mass is 79.9. The Morgan fingerprint density at radius 2 is 2.00 bits per heavy atom. The third-order valence-corrected chi connectivity index (χ3v) is 5.60. The molecular weight excluding hydrogens is 469 g/mol. The quantitative estimate of drug-likeness (QED) is 0.467.